The van der Waals surface area contributed by atoms with E-state index in [2.05, 4.69) is 0 Å². The Kier molecular flexibility index (Phi) is 3.77. The summed E-state index contributed by atoms with van der Waals surface area (Å²) in [5.41, 5.74) is 6.25. The number of hydrogen-bond donors (Lipinski definition) is 1. The van der Waals surface area contributed by atoms with Crippen LogP contribution in [-0.2, 0) is 11.3 Å². The normalized spacial score (nSPS) is 22.2. The minimum atomic E-state index is -0.282. The smallest absolute Gasteiger partial charge is 0.229 e. The van der Waals surface area contributed by atoms with Crippen LogP contribution >= 0.6 is 0 Å². The van der Waals surface area contributed by atoms with Crippen molar-refractivity contribution in [3.8, 4) is 0 Å². The van der Waals surface area contributed by atoms with Gasteiger partial charge in [-0.2, -0.15) is 0 Å². The van der Waals surface area contributed by atoms with Crippen LogP contribution in [0.4, 0.5) is 4.39 Å². The fraction of sp³-hybridized carbons (Fsp3) is 0.357. The summed E-state index contributed by atoms with van der Waals surface area (Å²) >= 11 is 0. The summed E-state index contributed by atoms with van der Waals surface area (Å²) in [6, 6.07) is 6.45. The standard InChI is InChI=1S/C14H17FN2O/c1-17(9-11-4-2-3-5-13(11)15)14(18)10-6-7-12(16)8-10/h2-7,10,12H,8-9,16H2,1H3. The van der Waals surface area contributed by atoms with E-state index in [1.807, 2.05) is 12.2 Å². The van der Waals surface area contributed by atoms with Gasteiger partial charge in [0.1, 0.15) is 5.82 Å². The van der Waals surface area contributed by atoms with E-state index in [1.165, 1.54) is 6.07 Å². The highest BCUT2D eigenvalue weighted by Gasteiger charge is 2.25. The molecular formula is C14H17FN2O. The van der Waals surface area contributed by atoms with E-state index in [-0.39, 0.29) is 30.2 Å². The molecule has 2 N–H and O–H groups in total. The number of nitrogens with zero attached hydrogens (tertiary/aromatic N) is 1. The van der Waals surface area contributed by atoms with Gasteiger partial charge < -0.3 is 10.6 Å². The maximum Gasteiger partial charge on any atom is 0.229 e. The fourth-order valence-electron chi connectivity index (χ4n) is 2.15. The number of carbonyl (C=O) groups excluding carboxylic acids is 1. The highest BCUT2D eigenvalue weighted by atomic mass is 19.1. The molecule has 2 atom stereocenters. The second-order valence-corrected chi connectivity index (χ2v) is 4.68. The van der Waals surface area contributed by atoms with Crippen molar-refractivity contribution in [2.75, 3.05) is 7.05 Å². The number of benzene rings is 1. The highest BCUT2D eigenvalue weighted by Crippen LogP contribution is 2.19. The van der Waals surface area contributed by atoms with Crippen LogP contribution in [0.15, 0.2) is 36.4 Å². The van der Waals surface area contributed by atoms with E-state index in [1.54, 1.807) is 30.1 Å². The molecule has 1 aromatic rings. The number of hydrogen-bond acceptors (Lipinski definition) is 2. The molecule has 3 nitrogen and oxygen atoms in total. The molecule has 0 spiro atoms. The monoisotopic (exact) mass is 248 g/mol. The third kappa shape index (κ3) is 2.76. The van der Waals surface area contributed by atoms with Crippen LogP contribution in [0.1, 0.15) is 12.0 Å². The molecule has 1 aromatic carbocycles. The minimum absolute atomic E-state index is 0.0116. The topological polar surface area (TPSA) is 46.3 Å². The Labute approximate surface area is 106 Å². The van der Waals surface area contributed by atoms with E-state index in [9.17, 15) is 9.18 Å². The Bertz CT molecular complexity index is 473. The van der Waals surface area contributed by atoms with Gasteiger partial charge in [-0.25, -0.2) is 4.39 Å². The zero-order chi connectivity index (χ0) is 13.1. The summed E-state index contributed by atoms with van der Waals surface area (Å²) < 4.78 is 13.5. The van der Waals surface area contributed by atoms with Gasteiger partial charge in [-0.1, -0.05) is 30.4 Å². The maximum absolute atomic E-state index is 13.5. The van der Waals surface area contributed by atoms with Crippen LogP contribution in [-0.4, -0.2) is 23.9 Å². The third-order valence-electron chi connectivity index (χ3n) is 3.18. The van der Waals surface area contributed by atoms with Gasteiger partial charge in [0, 0.05) is 25.2 Å². The third-order valence-corrected chi connectivity index (χ3v) is 3.18. The van der Waals surface area contributed by atoms with Gasteiger partial charge in [-0.3, -0.25) is 4.79 Å². The van der Waals surface area contributed by atoms with E-state index >= 15 is 0 Å². The lowest BCUT2D eigenvalue weighted by atomic mass is 10.1. The maximum atomic E-state index is 13.5. The van der Waals surface area contributed by atoms with Crippen molar-refractivity contribution in [3.63, 3.8) is 0 Å². The molecule has 0 heterocycles. The predicted molar refractivity (Wildman–Crippen MR) is 68.1 cm³/mol. The van der Waals surface area contributed by atoms with Crippen LogP contribution in [0.25, 0.3) is 0 Å². The molecule has 1 amide bonds. The first-order valence-corrected chi connectivity index (χ1v) is 6.00. The molecule has 0 fully saturated rings. The van der Waals surface area contributed by atoms with Crippen molar-refractivity contribution >= 4 is 5.91 Å². The number of carbonyl (C=O) groups is 1. The van der Waals surface area contributed by atoms with E-state index in [4.69, 9.17) is 5.73 Å². The predicted octanol–water partition coefficient (Wildman–Crippen LogP) is 1.69. The molecule has 2 rings (SSSR count). The lowest BCUT2D eigenvalue weighted by Crippen LogP contribution is -2.32. The molecular weight excluding hydrogens is 231 g/mol. The second-order valence-electron chi connectivity index (χ2n) is 4.68. The average Bonchev–Trinajstić information content (AvgIpc) is 2.78. The molecule has 0 radical (unpaired) electrons. The Hall–Kier alpha value is -1.68. The van der Waals surface area contributed by atoms with Crippen molar-refractivity contribution in [2.45, 2.75) is 19.0 Å². The van der Waals surface area contributed by atoms with Gasteiger partial charge in [0.2, 0.25) is 5.91 Å². The first-order chi connectivity index (χ1) is 8.58. The summed E-state index contributed by atoms with van der Waals surface area (Å²) in [7, 11) is 1.69. The lowest BCUT2D eigenvalue weighted by molar-refractivity contribution is -0.133. The van der Waals surface area contributed by atoms with Crippen molar-refractivity contribution in [2.24, 2.45) is 11.7 Å². The van der Waals surface area contributed by atoms with Gasteiger partial charge in [-0.05, 0) is 12.5 Å². The van der Waals surface area contributed by atoms with Crippen LogP contribution in [0.5, 0.6) is 0 Å². The van der Waals surface area contributed by atoms with Gasteiger partial charge in [0.15, 0.2) is 0 Å². The Morgan fingerprint density at radius 3 is 2.78 bits per heavy atom. The largest absolute Gasteiger partial charge is 0.341 e. The molecule has 2 unspecified atom stereocenters. The van der Waals surface area contributed by atoms with E-state index in [0.29, 0.717) is 12.0 Å². The Morgan fingerprint density at radius 2 is 2.17 bits per heavy atom. The summed E-state index contributed by atoms with van der Waals surface area (Å²) in [6.45, 7) is 0.283. The number of halogens is 1. The van der Waals surface area contributed by atoms with E-state index in [0.717, 1.165) is 0 Å². The number of amides is 1. The van der Waals surface area contributed by atoms with Crippen molar-refractivity contribution in [3.05, 3.63) is 47.8 Å². The zero-order valence-electron chi connectivity index (χ0n) is 10.3. The summed E-state index contributed by atoms with van der Waals surface area (Å²) in [5.74, 6) is -0.463. The molecule has 18 heavy (non-hydrogen) atoms. The van der Waals surface area contributed by atoms with Gasteiger partial charge in [0.25, 0.3) is 0 Å². The van der Waals surface area contributed by atoms with Crippen LogP contribution < -0.4 is 5.73 Å². The highest BCUT2D eigenvalue weighted by molar-refractivity contribution is 5.81. The van der Waals surface area contributed by atoms with Crippen molar-refractivity contribution in [1.82, 2.24) is 4.90 Å². The Balaban J connectivity index is 2.00. The quantitative estimate of drug-likeness (QED) is 0.827. The van der Waals surface area contributed by atoms with Crippen molar-refractivity contribution < 1.29 is 9.18 Å². The number of rotatable bonds is 3. The molecule has 1 aliphatic carbocycles. The molecule has 1 aliphatic rings. The molecule has 0 saturated heterocycles. The SMILES string of the molecule is CN(Cc1ccccc1F)C(=O)C1C=CC(N)C1. The van der Waals surface area contributed by atoms with Crippen molar-refractivity contribution in [1.29, 1.82) is 0 Å². The minimum Gasteiger partial charge on any atom is -0.341 e. The van der Waals surface area contributed by atoms with Crippen LogP contribution in [0.3, 0.4) is 0 Å². The summed E-state index contributed by atoms with van der Waals surface area (Å²) in [4.78, 5) is 13.7. The van der Waals surface area contributed by atoms with Gasteiger partial charge >= 0.3 is 0 Å². The fourth-order valence-corrected chi connectivity index (χ4v) is 2.15. The molecule has 0 aliphatic heterocycles. The lowest BCUT2D eigenvalue weighted by Gasteiger charge is -2.21. The number of nitrogens with two attached hydrogens (primary N) is 1. The molecule has 96 valence electrons. The van der Waals surface area contributed by atoms with Gasteiger partial charge in [0.05, 0.1) is 5.92 Å². The molecule has 0 aromatic heterocycles. The van der Waals surface area contributed by atoms with Crippen LogP contribution in [0.2, 0.25) is 0 Å². The zero-order valence-corrected chi connectivity index (χ0v) is 10.3. The first-order valence-electron chi connectivity index (χ1n) is 6.00. The van der Waals surface area contributed by atoms with Crippen LogP contribution in [0, 0.1) is 11.7 Å². The first kappa shape index (κ1) is 12.8. The summed E-state index contributed by atoms with van der Waals surface area (Å²) in [6.07, 6.45) is 4.32. The molecule has 4 heteroatoms. The second kappa shape index (κ2) is 5.31. The van der Waals surface area contributed by atoms with Gasteiger partial charge in [-0.15, -0.1) is 0 Å². The molecule has 0 bridgehead atoms. The van der Waals surface area contributed by atoms with E-state index < -0.39 is 0 Å². The summed E-state index contributed by atoms with van der Waals surface area (Å²) in [5, 5.41) is 0. The Morgan fingerprint density at radius 1 is 1.44 bits per heavy atom. The average molecular weight is 248 g/mol. The molecule has 0 saturated carbocycles.